The summed E-state index contributed by atoms with van der Waals surface area (Å²) in [6, 6.07) is -0.870. The van der Waals surface area contributed by atoms with Crippen LogP contribution in [0.5, 0.6) is 0 Å². The van der Waals surface area contributed by atoms with E-state index in [1.165, 1.54) is 0 Å². The fourth-order valence-electron chi connectivity index (χ4n) is 4.19. The lowest BCUT2D eigenvalue weighted by Gasteiger charge is -2.47. The molecule has 10 heteroatoms. The number of aliphatic hydroxyl groups is 2. The van der Waals surface area contributed by atoms with Gasteiger partial charge in [-0.05, 0) is 12.8 Å². The Morgan fingerprint density at radius 1 is 1.12 bits per heavy atom. The van der Waals surface area contributed by atoms with Gasteiger partial charge in [-0.3, -0.25) is 0 Å². The molecule has 1 aromatic heterocycles. The topological polar surface area (TPSA) is 96.7 Å². The predicted octanol–water partition coefficient (Wildman–Crippen LogP) is 1.31. The highest BCUT2D eigenvalue weighted by Crippen LogP contribution is 2.48. The van der Waals surface area contributed by atoms with Crippen molar-refractivity contribution in [2.24, 2.45) is 5.92 Å². The molecule has 0 amide bonds. The summed E-state index contributed by atoms with van der Waals surface area (Å²) in [6.07, 6.45) is -2.28. The number of rotatable bonds is 3. The summed E-state index contributed by atoms with van der Waals surface area (Å²) in [5.74, 6) is -1.07. The quantitative estimate of drug-likeness (QED) is 0.733. The monoisotopic (exact) mass is 375 g/mol. The van der Waals surface area contributed by atoms with E-state index in [1.807, 2.05) is 0 Å². The first kappa shape index (κ1) is 17.9. The van der Waals surface area contributed by atoms with E-state index in [-0.39, 0.29) is 18.3 Å². The minimum Gasteiger partial charge on any atom is -0.388 e. The third-order valence-corrected chi connectivity index (χ3v) is 5.48. The Labute approximate surface area is 147 Å². The SMILES string of the molecule is O[C@@H]1[C@H](O)[C@@H](Nc2cnc(C(F)(F)F)cn2)[C@@]2(C3CCCC3)OC[C@@H]1O2. The molecule has 2 saturated heterocycles. The number of anilines is 1. The van der Waals surface area contributed by atoms with Crippen LogP contribution in [-0.4, -0.2) is 56.9 Å². The summed E-state index contributed by atoms with van der Waals surface area (Å²) < 4.78 is 49.8. The molecule has 2 bridgehead atoms. The fraction of sp³-hybridized carbons (Fsp3) is 0.750. The van der Waals surface area contributed by atoms with Crippen LogP contribution in [0.1, 0.15) is 31.4 Å². The summed E-state index contributed by atoms with van der Waals surface area (Å²) in [4.78, 5) is 7.11. The van der Waals surface area contributed by atoms with E-state index in [0.29, 0.717) is 6.20 Å². The van der Waals surface area contributed by atoms with E-state index in [9.17, 15) is 23.4 Å². The zero-order valence-corrected chi connectivity index (χ0v) is 13.8. The van der Waals surface area contributed by atoms with Crippen molar-refractivity contribution in [3.63, 3.8) is 0 Å². The number of hydrogen-bond acceptors (Lipinski definition) is 7. The second kappa shape index (κ2) is 6.29. The molecule has 4 rings (SSSR count). The summed E-state index contributed by atoms with van der Waals surface area (Å²) in [5.41, 5.74) is -1.11. The first-order valence-corrected chi connectivity index (χ1v) is 8.65. The van der Waals surface area contributed by atoms with Crippen LogP contribution in [0.4, 0.5) is 19.0 Å². The molecule has 1 aliphatic carbocycles. The van der Waals surface area contributed by atoms with Crippen molar-refractivity contribution >= 4 is 5.82 Å². The zero-order chi connectivity index (χ0) is 18.5. The third kappa shape index (κ3) is 2.84. The molecule has 0 aromatic carbocycles. The average Bonchev–Trinajstić information content (AvgIpc) is 3.26. The van der Waals surface area contributed by atoms with Crippen molar-refractivity contribution in [2.45, 2.75) is 62.0 Å². The lowest BCUT2D eigenvalue weighted by molar-refractivity contribution is -0.268. The number of ether oxygens (including phenoxy) is 2. The van der Waals surface area contributed by atoms with Crippen LogP contribution in [0, 0.1) is 5.92 Å². The molecule has 1 saturated carbocycles. The van der Waals surface area contributed by atoms with Gasteiger partial charge in [-0.15, -0.1) is 0 Å². The second-order valence-electron chi connectivity index (χ2n) is 7.06. The summed E-state index contributed by atoms with van der Waals surface area (Å²) in [7, 11) is 0. The van der Waals surface area contributed by atoms with E-state index >= 15 is 0 Å². The molecular weight excluding hydrogens is 355 g/mol. The van der Waals surface area contributed by atoms with Crippen LogP contribution in [0.25, 0.3) is 0 Å². The lowest BCUT2D eigenvalue weighted by atomic mass is 9.83. The van der Waals surface area contributed by atoms with Gasteiger partial charge >= 0.3 is 6.18 Å². The highest BCUT2D eigenvalue weighted by atomic mass is 19.4. The number of aromatic nitrogens is 2. The Hall–Kier alpha value is -1.49. The molecule has 3 N–H and O–H groups in total. The first-order chi connectivity index (χ1) is 12.3. The number of fused-ring (bicyclic) bond motifs is 2. The Morgan fingerprint density at radius 3 is 2.46 bits per heavy atom. The minimum atomic E-state index is -4.58. The van der Waals surface area contributed by atoms with Crippen LogP contribution >= 0.6 is 0 Å². The van der Waals surface area contributed by atoms with Gasteiger partial charge in [0.1, 0.15) is 30.2 Å². The zero-order valence-electron chi connectivity index (χ0n) is 13.8. The van der Waals surface area contributed by atoms with E-state index in [4.69, 9.17) is 9.47 Å². The molecule has 5 atom stereocenters. The summed E-state index contributed by atoms with van der Waals surface area (Å²) >= 11 is 0. The number of nitrogens with zero attached hydrogens (tertiary/aromatic N) is 2. The maximum absolute atomic E-state index is 12.6. The van der Waals surface area contributed by atoms with Gasteiger partial charge in [0.2, 0.25) is 0 Å². The summed E-state index contributed by atoms with van der Waals surface area (Å²) in [6.45, 7) is 0.158. The van der Waals surface area contributed by atoms with Gasteiger partial charge in [0.15, 0.2) is 11.5 Å². The van der Waals surface area contributed by atoms with Gasteiger partial charge in [-0.2, -0.15) is 13.2 Å². The highest BCUT2D eigenvalue weighted by molar-refractivity contribution is 5.36. The number of alkyl halides is 3. The number of halogens is 3. The molecule has 3 heterocycles. The van der Waals surface area contributed by atoms with Crippen LogP contribution in [-0.2, 0) is 15.7 Å². The van der Waals surface area contributed by atoms with Gasteiger partial charge in [0, 0.05) is 5.92 Å². The standard InChI is InChI=1S/C16H20F3N3O4/c17-16(18,19)10-5-21-11(6-20-10)22-14-13(24)12(23)9-7-25-15(14,26-9)8-3-1-2-4-8/h5-6,8-9,12-14,23-24H,1-4,7H2,(H,21,22)/t9-,12-,13-,14+,15-/m0/s1. The molecule has 0 spiro atoms. The Bertz CT molecular complexity index is 653. The molecular formula is C16H20F3N3O4. The van der Waals surface area contributed by atoms with Gasteiger partial charge in [0.25, 0.3) is 0 Å². The molecule has 1 aromatic rings. The van der Waals surface area contributed by atoms with E-state index in [0.717, 1.165) is 31.9 Å². The Balaban J connectivity index is 1.61. The van der Waals surface area contributed by atoms with Crippen molar-refractivity contribution in [3.8, 4) is 0 Å². The first-order valence-electron chi connectivity index (χ1n) is 8.65. The average molecular weight is 375 g/mol. The fourth-order valence-corrected chi connectivity index (χ4v) is 4.19. The Kier molecular flexibility index (Phi) is 4.33. The highest BCUT2D eigenvalue weighted by Gasteiger charge is 2.63. The molecule has 3 aliphatic rings. The number of nitrogens with one attached hydrogen (secondary N) is 1. The van der Waals surface area contributed by atoms with Gasteiger partial charge in [-0.1, -0.05) is 12.8 Å². The van der Waals surface area contributed by atoms with Crippen molar-refractivity contribution in [2.75, 3.05) is 11.9 Å². The van der Waals surface area contributed by atoms with Gasteiger partial charge in [-0.25, -0.2) is 9.97 Å². The third-order valence-electron chi connectivity index (χ3n) is 5.48. The van der Waals surface area contributed by atoms with E-state index in [1.54, 1.807) is 0 Å². The van der Waals surface area contributed by atoms with Gasteiger partial charge in [0.05, 0.1) is 19.0 Å². The maximum atomic E-state index is 12.6. The van der Waals surface area contributed by atoms with Crippen molar-refractivity contribution in [1.29, 1.82) is 0 Å². The second-order valence-corrected chi connectivity index (χ2v) is 7.06. The molecule has 144 valence electrons. The van der Waals surface area contributed by atoms with Crippen molar-refractivity contribution in [3.05, 3.63) is 18.1 Å². The molecule has 0 unspecified atom stereocenters. The lowest BCUT2D eigenvalue weighted by Crippen LogP contribution is -2.65. The normalized spacial score (nSPS) is 37.9. The molecule has 2 aliphatic heterocycles. The van der Waals surface area contributed by atoms with Crippen molar-refractivity contribution in [1.82, 2.24) is 9.97 Å². The van der Waals surface area contributed by atoms with E-state index < -0.39 is 42.0 Å². The molecule has 3 fully saturated rings. The number of hydrogen-bond donors (Lipinski definition) is 3. The number of aliphatic hydroxyl groups excluding tert-OH is 2. The minimum absolute atomic E-state index is 0.0227. The van der Waals surface area contributed by atoms with Crippen LogP contribution in [0.3, 0.4) is 0 Å². The van der Waals surface area contributed by atoms with Crippen LogP contribution in [0.2, 0.25) is 0 Å². The smallest absolute Gasteiger partial charge is 0.388 e. The van der Waals surface area contributed by atoms with Crippen LogP contribution in [0.15, 0.2) is 12.4 Å². The van der Waals surface area contributed by atoms with Crippen LogP contribution < -0.4 is 5.32 Å². The molecule has 26 heavy (non-hydrogen) atoms. The van der Waals surface area contributed by atoms with E-state index in [2.05, 4.69) is 15.3 Å². The molecule has 0 radical (unpaired) electrons. The summed E-state index contributed by atoms with van der Waals surface area (Å²) in [5, 5.41) is 23.7. The molecule has 7 nitrogen and oxygen atoms in total. The Morgan fingerprint density at radius 2 is 1.85 bits per heavy atom. The maximum Gasteiger partial charge on any atom is 0.434 e. The predicted molar refractivity (Wildman–Crippen MR) is 82.0 cm³/mol. The van der Waals surface area contributed by atoms with Gasteiger partial charge < -0.3 is 25.0 Å². The largest absolute Gasteiger partial charge is 0.434 e. The van der Waals surface area contributed by atoms with Crippen molar-refractivity contribution < 1.29 is 32.9 Å².